The van der Waals surface area contributed by atoms with Gasteiger partial charge in [0.25, 0.3) is 5.82 Å². The summed E-state index contributed by atoms with van der Waals surface area (Å²) in [6, 6.07) is 10.6. The second kappa shape index (κ2) is 10.2. The van der Waals surface area contributed by atoms with Gasteiger partial charge in [-0.2, -0.15) is 0 Å². The van der Waals surface area contributed by atoms with Gasteiger partial charge in [-0.3, -0.25) is 0 Å². The Hall–Kier alpha value is -1.57. The zero-order valence-electron chi connectivity index (χ0n) is 14.1. The van der Waals surface area contributed by atoms with E-state index in [1.54, 1.807) is 0 Å². The highest BCUT2D eigenvalue weighted by atomic mass is 15.1. The van der Waals surface area contributed by atoms with Gasteiger partial charge in [-0.1, -0.05) is 70.1 Å². The maximum atomic E-state index is 3.37. The van der Waals surface area contributed by atoms with Crippen molar-refractivity contribution in [2.75, 3.05) is 0 Å². The number of unbranched alkanes of at least 4 members (excludes halogenated alkanes) is 8. The second-order valence-electron chi connectivity index (χ2n) is 6.20. The Morgan fingerprint density at radius 1 is 0.818 bits per heavy atom. The van der Waals surface area contributed by atoms with Crippen LogP contribution in [0, 0.1) is 0 Å². The largest absolute Gasteiger partial charge is 0.286 e. The third-order valence-corrected chi connectivity index (χ3v) is 4.31. The van der Waals surface area contributed by atoms with Gasteiger partial charge in [0.1, 0.15) is 12.4 Å². The van der Waals surface area contributed by atoms with Crippen molar-refractivity contribution in [3.05, 3.63) is 42.7 Å². The minimum Gasteiger partial charge on any atom is -0.243 e. The summed E-state index contributed by atoms with van der Waals surface area (Å²) in [7, 11) is 0. The molecule has 0 amide bonds. The summed E-state index contributed by atoms with van der Waals surface area (Å²) in [6.07, 6.45) is 16.6. The monoisotopic (exact) mass is 299 g/mol. The van der Waals surface area contributed by atoms with Crippen LogP contribution >= 0.6 is 0 Å². The number of aromatic nitrogens is 2. The van der Waals surface area contributed by atoms with Crippen molar-refractivity contribution in [3.8, 4) is 11.4 Å². The highest BCUT2D eigenvalue weighted by molar-refractivity contribution is 5.51. The van der Waals surface area contributed by atoms with Gasteiger partial charge >= 0.3 is 0 Å². The van der Waals surface area contributed by atoms with Gasteiger partial charge in [-0.05, 0) is 25.0 Å². The average molecular weight is 299 g/mol. The summed E-state index contributed by atoms with van der Waals surface area (Å²) in [4.78, 5) is 3.37. The molecular weight excluding hydrogens is 268 g/mol. The lowest BCUT2D eigenvalue weighted by Crippen LogP contribution is -2.33. The molecule has 0 unspecified atom stereocenters. The van der Waals surface area contributed by atoms with Crippen molar-refractivity contribution in [2.45, 2.75) is 71.3 Å². The summed E-state index contributed by atoms with van der Waals surface area (Å²) in [6.45, 7) is 3.39. The molecule has 1 aromatic carbocycles. The van der Waals surface area contributed by atoms with Crippen molar-refractivity contribution in [3.63, 3.8) is 0 Å². The van der Waals surface area contributed by atoms with Gasteiger partial charge in [0.15, 0.2) is 0 Å². The average Bonchev–Trinajstić information content (AvgIpc) is 3.02. The van der Waals surface area contributed by atoms with Gasteiger partial charge in [-0.15, -0.1) is 0 Å². The van der Waals surface area contributed by atoms with E-state index in [0.717, 1.165) is 6.54 Å². The van der Waals surface area contributed by atoms with E-state index in [1.807, 2.05) is 6.20 Å². The summed E-state index contributed by atoms with van der Waals surface area (Å²) in [5.41, 5.74) is 1.27. The molecule has 1 heterocycles. The Bertz CT molecular complexity index is 501. The molecule has 0 bridgehead atoms. The van der Waals surface area contributed by atoms with Crippen LogP contribution < -0.4 is 4.57 Å². The number of hydrogen-bond acceptors (Lipinski definition) is 0. The summed E-state index contributed by atoms with van der Waals surface area (Å²) in [5.74, 6) is 1.22. The number of aromatic amines is 1. The Morgan fingerprint density at radius 3 is 2.14 bits per heavy atom. The summed E-state index contributed by atoms with van der Waals surface area (Å²) in [5, 5.41) is 0. The van der Waals surface area contributed by atoms with Crippen LogP contribution in [0.5, 0.6) is 0 Å². The first-order valence-corrected chi connectivity index (χ1v) is 9.04. The standard InChI is InChI=1S/C20H30N2/c1-2-3-4-5-6-7-8-9-13-17-22-18-16-21-20(22)19-14-11-10-12-15-19/h10-12,14-16,18H,2-9,13,17H2,1H3/p+1. The molecule has 0 radical (unpaired) electrons. The van der Waals surface area contributed by atoms with E-state index in [-0.39, 0.29) is 0 Å². The first kappa shape index (κ1) is 16.8. The van der Waals surface area contributed by atoms with Crippen molar-refractivity contribution < 1.29 is 4.57 Å². The highest BCUT2D eigenvalue weighted by Gasteiger charge is 2.11. The van der Waals surface area contributed by atoms with Gasteiger partial charge in [-0.25, -0.2) is 9.55 Å². The molecule has 2 heteroatoms. The van der Waals surface area contributed by atoms with E-state index in [1.165, 1.54) is 69.2 Å². The van der Waals surface area contributed by atoms with Crippen molar-refractivity contribution >= 4 is 0 Å². The maximum absolute atomic E-state index is 3.37. The molecule has 1 aromatic heterocycles. The molecule has 2 nitrogen and oxygen atoms in total. The number of benzene rings is 1. The molecule has 0 fully saturated rings. The van der Waals surface area contributed by atoms with E-state index >= 15 is 0 Å². The molecule has 0 spiro atoms. The second-order valence-corrected chi connectivity index (χ2v) is 6.20. The van der Waals surface area contributed by atoms with Crippen LogP contribution in [-0.4, -0.2) is 4.98 Å². The minimum atomic E-state index is 1.11. The van der Waals surface area contributed by atoms with Crippen molar-refractivity contribution in [1.29, 1.82) is 0 Å². The first-order chi connectivity index (χ1) is 10.9. The van der Waals surface area contributed by atoms with E-state index in [4.69, 9.17) is 0 Å². The fraction of sp³-hybridized carbons (Fsp3) is 0.550. The number of nitrogens with zero attached hydrogens (tertiary/aromatic N) is 1. The molecule has 0 saturated carbocycles. The zero-order valence-corrected chi connectivity index (χ0v) is 14.1. The van der Waals surface area contributed by atoms with Crippen LogP contribution in [0.2, 0.25) is 0 Å². The predicted molar refractivity (Wildman–Crippen MR) is 93.7 cm³/mol. The normalized spacial score (nSPS) is 11.0. The highest BCUT2D eigenvalue weighted by Crippen LogP contribution is 2.13. The zero-order chi connectivity index (χ0) is 15.5. The molecular formula is C20H31N2+. The lowest BCUT2D eigenvalue weighted by molar-refractivity contribution is -0.685. The van der Waals surface area contributed by atoms with E-state index < -0.39 is 0 Å². The predicted octanol–water partition coefficient (Wildman–Crippen LogP) is 5.50. The molecule has 0 aliphatic heterocycles. The van der Waals surface area contributed by atoms with E-state index in [2.05, 4.69) is 53.0 Å². The van der Waals surface area contributed by atoms with Crippen LogP contribution in [0.1, 0.15) is 64.7 Å². The Balaban J connectivity index is 1.63. The molecule has 0 saturated heterocycles. The third kappa shape index (κ3) is 5.67. The quantitative estimate of drug-likeness (QED) is 0.417. The molecule has 2 rings (SSSR count). The van der Waals surface area contributed by atoms with Crippen LogP contribution in [0.15, 0.2) is 42.7 Å². The fourth-order valence-corrected chi connectivity index (χ4v) is 2.99. The molecule has 22 heavy (non-hydrogen) atoms. The van der Waals surface area contributed by atoms with Gasteiger partial charge in [0.05, 0.1) is 12.1 Å². The van der Waals surface area contributed by atoms with E-state index in [0.29, 0.717) is 0 Å². The van der Waals surface area contributed by atoms with Crippen LogP contribution in [0.4, 0.5) is 0 Å². The Kier molecular flexibility index (Phi) is 7.79. The number of nitrogens with one attached hydrogen (secondary N) is 1. The minimum absolute atomic E-state index is 1.11. The molecule has 2 aromatic rings. The van der Waals surface area contributed by atoms with Crippen LogP contribution in [0.25, 0.3) is 11.4 Å². The van der Waals surface area contributed by atoms with Gasteiger partial charge < -0.3 is 0 Å². The SMILES string of the molecule is CCCCCCCCCCC[n+]1cc[nH]c1-c1ccccc1. The Labute approximate surface area is 135 Å². The molecule has 1 N–H and O–H groups in total. The topological polar surface area (TPSA) is 19.7 Å². The van der Waals surface area contributed by atoms with Gasteiger partial charge in [0, 0.05) is 0 Å². The molecule has 120 valence electrons. The Morgan fingerprint density at radius 2 is 1.45 bits per heavy atom. The fourth-order valence-electron chi connectivity index (χ4n) is 2.99. The molecule has 0 aliphatic carbocycles. The number of rotatable bonds is 11. The number of aryl methyl sites for hydroxylation is 1. The summed E-state index contributed by atoms with van der Waals surface area (Å²) < 4.78 is 2.34. The number of hydrogen-bond donors (Lipinski definition) is 1. The number of imidazole rings is 1. The van der Waals surface area contributed by atoms with Crippen molar-refractivity contribution in [1.82, 2.24) is 4.98 Å². The first-order valence-electron chi connectivity index (χ1n) is 9.04. The molecule has 0 atom stereocenters. The lowest BCUT2D eigenvalue weighted by Gasteiger charge is -2.03. The van der Waals surface area contributed by atoms with Crippen LogP contribution in [-0.2, 0) is 6.54 Å². The molecule has 0 aliphatic rings. The van der Waals surface area contributed by atoms with E-state index in [9.17, 15) is 0 Å². The smallest absolute Gasteiger partial charge is 0.243 e. The maximum Gasteiger partial charge on any atom is 0.286 e. The van der Waals surface area contributed by atoms with Gasteiger partial charge in [0.2, 0.25) is 0 Å². The number of H-pyrrole nitrogens is 1. The third-order valence-electron chi connectivity index (χ3n) is 4.31. The van der Waals surface area contributed by atoms with Crippen molar-refractivity contribution in [2.24, 2.45) is 0 Å². The summed E-state index contributed by atoms with van der Waals surface area (Å²) >= 11 is 0. The lowest BCUT2D eigenvalue weighted by atomic mass is 10.1. The van der Waals surface area contributed by atoms with Crippen LogP contribution in [0.3, 0.4) is 0 Å².